The van der Waals surface area contributed by atoms with Gasteiger partial charge in [-0.1, -0.05) is 13.8 Å². The molecule has 1 saturated heterocycles. The standard InChI is InChI=1S/C15H20FNO2/c1-15(2,10-14(18)19)12-9-11(16)5-6-13(12)17-7-3-4-8-17/h5-6,9H,3-4,7-8,10H2,1-2H3,(H,18,19). The largest absolute Gasteiger partial charge is 0.481 e. The Bertz CT molecular complexity index is 479. The highest BCUT2D eigenvalue weighted by molar-refractivity contribution is 5.70. The van der Waals surface area contributed by atoms with Crippen molar-refractivity contribution >= 4 is 11.7 Å². The molecule has 1 aliphatic rings. The summed E-state index contributed by atoms with van der Waals surface area (Å²) in [4.78, 5) is 13.2. The normalized spacial score (nSPS) is 15.8. The maximum absolute atomic E-state index is 13.5. The van der Waals surface area contributed by atoms with Crippen molar-refractivity contribution in [3.8, 4) is 0 Å². The number of rotatable bonds is 4. The van der Waals surface area contributed by atoms with Gasteiger partial charge in [-0.25, -0.2) is 4.39 Å². The smallest absolute Gasteiger partial charge is 0.304 e. The number of benzene rings is 1. The fourth-order valence-electron chi connectivity index (χ4n) is 2.76. The number of carboxylic acid groups (broad SMARTS) is 1. The summed E-state index contributed by atoms with van der Waals surface area (Å²) in [5.41, 5.74) is 1.19. The van der Waals surface area contributed by atoms with E-state index in [-0.39, 0.29) is 12.2 Å². The number of halogens is 1. The molecule has 1 heterocycles. The zero-order chi connectivity index (χ0) is 14.0. The van der Waals surface area contributed by atoms with E-state index in [1.165, 1.54) is 12.1 Å². The van der Waals surface area contributed by atoms with Crippen LogP contribution in [0.4, 0.5) is 10.1 Å². The molecule has 0 aliphatic carbocycles. The first-order valence-electron chi connectivity index (χ1n) is 6.67. The van der Waals surface area contributed by atoms with Crippen molar-refractivity contribution in [1.29, 1.82) is 0 Å². The minimum atomic E-state index is -0.860. The zero-order valence-electron chi connectivity index (χ0n) is 11.4. The summed E-state index contributed by atoms with van der Waals surface area (Å²) in [7, 11) is 0. The van der Waals surface area contributed by atoms with Gasteiger partial charge in [0.15, 0.2) is 0 Å². The molecule has 0 bridgehead atoms. The molecule has 0 unspecified atom stereocenters. The van der Waals surface area contributed by atoms with Crippen LogP contribution in [-0.4, -0.2) is 24.2 Å². The predicted molar refractivity (Wildman–Crippen MR) is 73.1 cm³/mol. The molecule has 0 spiro atoms. The van der Waals surface area contributed by atoms with Crippen LogP contribution in [0, 0.1) is 5.82 Å². The molecule has 1 aromatic rings. The van der Waals surface area contributed by atoms with Gasteiger partial charge in [-0.05, 0) is 36.6 Å². The Morgan fingerprint density at radius 2 is 2.00 bits per heavy atom. The maximum Gasteiger partial charge on any atom is 0.304 e. The Morgan fingerprint density at radius 3 is 2.58 bits per heavy atom. The van der Waals surface area contributed by atoms with Crippen molar-refractivity contribution in [2.75, 3.05) is 18.0 Å². The first kappa shape index (κ1) is 13.8. The predicted octanol–water partition coefficient (Wildman–Crippen LogP) is 3.18. The van der Waals surface area contributed by atoms with Crippen molar-refractivity contribution in [1.82, 2.24) is 0 Å². The van der Waals surface area contributed by atoms with Crippen LogP contribution in [0.1, 0.15) is 38.7 Å². The number of hydrogen-bond donors (Lipinski definition) is 1. The Kier molecular flexibility index (Phi) is 3.78. The van der Waals surface area contributed by atoms with E-state index in [1.54, 1.807) is 6.07 Å². The molecule has 0 radical (unpaired) electrons. The van der Waals surface area contributed by atoms with E-state index in [2.05, 4.69) is 4.90 Å². The summed E-state index contributed by atoms with van der Waals surface area (Å²) in [6.45, 7) is 5.63. The van der Waals surface area contributed by atoms with Gasteiger partial charge in [-0.2, -0.15) is 0 Å². The fourth-order valence-corrected chi connectivity index (χ4v) is 2.76. The third-order valence-electron chi connectivity index (χ3n) is 3.73. The van der Waals surface area contributed by atoms with Crippen molar-refractivity contribution in [2.24, 2.45) is 0 Å². The van der Waals surface area contributed by atoms with Crippen LogP contribution in [0.5, 0.6) is 0 Å². The highest BCUT2D eigenvalue weighted by atomic mass is 19.1. The number of carbonyl (C=O) groups is 1. The van der Waals surface area contributed by atoms with Gasteiger partial charge in [0.2, 0.25) is 0 Å². The first-order chi connectivity index (χ1) is 8.90. The van der Waals surface area contributed by atoms with Crippen LogP contribution >= 0.6 is 0 Å². The topological polar surface area (TPSA) is 40.5 Å². The quantitative estimate of drug-likeness (QED) is 0.909. The fraction of sp³-hybridized carbons (Fsp3) is 0.533. The van der Waals surface area contributed by atoms with E-state index < -0.39 is 11.4 Å². The average molecular weight is 265 g/mol. The van der Waals surface area contributed by atoms with Gasteiger partial charge in [-0.3, -0.25) is 4.79 Å². The van der Waals surface area contributed by atoms with Gasteiger partial charge in [0.25, 0.3) is 0 Å². The number of carboxylic acids is 1. The number of nitrogens with zero attached hydrogens (tertiary/aromatic N) is 1. The second-order valence-electron chi connectivity index (χ2n) is 5.81. The van der Waals surface area contributed by atoms with Crippen LogP contribution in [0.3, 0.4) is 0 Å². The Labute approximate surface area is 113 Å². The molecule has 4 heteroatoms. The molecule has 19 heavy (non-hydrogen) atoms. The SMILES string of the molecule is CC(C)(CC(=O)O)c1cc(F)ccc1N1CCCC1. The van der Waals surface area contributed by atoms with Crippen molar-refractivity contribution in [3.05, 3.63) is 29.6 Å². The van der Waals surface area contributed by atoms with Crippen LogP contribution in [0.15, 0.2) is 18.2 Å². The lowest BCUT2D eigenvalue weighted by atomic mass is 9.80. The Balaban J connectivity index is 2.41. The molecule has 0 saturated carbocycles. The van der Waals surface area contributed by atoms with Gasteiger partial charge in [0, 0.05) is 24.2 Å². The third kappa shape index (κ3) is 3.06. The molecular weight excluding hydrogens is 245 g/mol. The summed E-state index contributed by atoms with van der Waals surface area (Å²) in [5, 5.41) is 9.03. The molecule has 3 nitrogen and oxygen atoms in total. The molecule has 0 amide bonds. The van der Waals surface area contributed by atoms with Gasteiger partial charge >= 0.3 is 5.97 Å². The highest BCUT2D eigenvalue weighted by Gasteiger charge is 2.29. The summed E-state index contributed by atoms with van der Waals surface area (Å²) in [6, 6.07) is 4.71. The van der Waals surface area contributed by atoms with Crippen molar-refractivity contribution in [3.63, 3.8) is 0 Å². The van der Waals surface area contributed by atoms with Crippen molar-refractivity contribution < 1.29 is 14.3 Å². The van der Waals surface area contributed by atoms with Gasteiger partial charge in [0.1, 0.15) is 5.82 Å². The molecular formula is C15H20FNO2. The molecule has 104 valence electrons. The molecule has 1 aliphatic heterocycles. The van der Waals surface area contributed by atoms with E-state index in [0.717, 1.165) is 37.2 Å². The number of anilines is 1. The summed E-state index contributed by atoms with van der Waals surface area (Å²) >= 11 is 0. The van der Waals surface area contributed by atoms with Crippen molar-refractivity contribution in [2.45, 2.75) is 38.5 Å². The summed E-state index contributed by atoms with van der Waals surface area (Å²) in [6.07, 6.45) is 2.27. The molecule has 1 fully saturated rings. The average Bonchev–Trinajstić information content (AvgIpc) is 2.80. The number of hydrogen-bond acceptors (Lipinski definition) is 2. The lowest BCUT2D eigenvalue weighted by Gasteiger charge is -2.30. The first-order valence-corrected chi connectivity index (χ1v) is 6.67. The summed E-state index contributed by atoms with van der Waals surface area (Å²) < 4.78 is 13.5. The monoisotopic (exact) mass is 265 g/mol. The molecule has 1 N–H and O–H groups in total. The minimum Gasteiger partial charge on any atom is -0.481 e. The van der Waals surface area contributed by atoms with E-state index >= 15 is 0 Å². The van der Waals surface area contributed by atoms with Crippen LogP contribution in [0.25, 0.3) is 0 Å². The third-order valence-corrected chi connectivity index (χ3v) is 3.73. The Morgan fingerprint density at radius 1 is 1.37 bits per heavy atom. The molecule has 2 rings (SSSR count). The number of aliphatic carboxylic acids is 1. The van der Waals surface area contributed by atoms with E-state index in [4.69, 9.17) is 5.11 Å². The zero-order valence-corrected chi connectivity index (χ0v) is 11.4. The minimum absolute atomic E-state index is 0.00269. The van der Waals surface area contributed by atoms with Crippen LogP contribution < -0.4 is 4.90 Å². The van der Waals surface area contributed by atoms with E-state index in [0.29, 0.717) is 0 Å². The molecule has 1 aromatic carbocycles. The van der Waals surface area contributed by atoms with Gasteiger partial charge in [-0.15, -0.1) is 0 Å². The highest BCUT2D eigenvalue weighted by Crippen LogP contribution is 2.36. The summed E-state index contributed by atoms with van der Waals surface area (Å²) in [5.74, 6) is -1.17. The second-order valence-corrected chi connectivity index (χ2v) is 5.81. The lowest BCUT2D eigenvalue weighted by molar-refractivity contribution is -0.138. The van der Waals surface area contributed by atoms with Crippen LogP contribution in [-0.2, 0) is 10.2 Å². The Hall–Kier alpha value is -1.58. The van der Waals surface area contributed by atoms with Gasteiger partial charge in [0.05, 0.1) is 6.42 Å². The van der Waals surface area contributed by atoms with Gasteiger partial charge < -0.3 is 10.0 Å². The molecule has 0 aromatic heterocycles. The lowest BCUT2D eigenvalue weighted by Crippen LogP contribution is -2.27. The van der Waals surface area contributed by atoms with Crippen LogP contribution in [0.2, 0.25) is 0 Å². The van der Waals surface area contributed by atoms with E-state index in [1.807, 2.05) is 13.8 Å². The second kappa shape index (κ2) is 5.19. The molecule has 0 atom stereocenters. The van der Waals surface area contributed by atoms with E-state index in [9.17, 15) is 9.18 Å². The maximum atomic E-state index is 13.5.